The van der Waals surface area contributed by atoms with Crippen LogP contribution in [0.25, 0.3) is 0 Å². The third-order valence-electron chi connectivity index (χ3n) is 1.75. The molecule has 0 saturated carbocycles. The van der Waals surface area contributed by atoms with Crippen LogP contribution in [0.15, 0.2) is 18.2 Å². The molecule has 0 heterocycles. The lowest BCUT2D eigenvalue weighted by atomic mass is 10.1. The van der Waals surface area contributed by atoms with E-state index in [4.69, 9.17) is 17.4 Å². The molecule has 0 bridgehead atoms. The second kappa shape index (κ2) is 3.60. The zero-order valence-electron chi connectivity index (χ0n) is 6.39. The van der Waals surface area contributed by atoms with E-state index >= 15 is 0 Å². The van der Waals surface area contributed by atoms with Gasteiger partial charge >= 0.3 is 0 Å². The van der Waals surface area contributed by atoms with E-state index in [0.29, 0.717) is 5.88 Å². The summed E-state index contributed by atoms with van der Waals surface area (Å²) in [6, 6.07) is 5.84. The zero-order valence-corrected chi connectivity index (χ0v) is 7.15. The highest BCUT2D eigenvalue weighted by Gasteiger charge is 1.99. The van der Waals surface area contributed by atoms with Crippen LogP contribution in [-0.4, -0.2) is 0 Å². The topological polar surface area (TPSA) is 38.0 Å². The van der Waals surface area contributed by atoms with Crippen molar-refractivity contribution in [1.29, 1.82) is 0 Å². The van der Waals surface area contributed by atoms with Crippen LogP contribution >= 0.6 is 11.6 Å². The maximum absolute atomic E-state index is 5.69. The number of benzene rings is 1. The summed E-state index contributed by atoms with van der Waals surface area (Å²) in [5.41, 5.74) is 5.77. The molecule has 60 valence electrons. The van der Waals surface area contributed by atoms with Crippen molar-refractivity contribution in [2.75, 3.05) is 5.43 Å². The molecule has 0 aromatic heterocycles. The summed E-state index contributed by atoms with van der Waals surface area (Å²) in [5, 5.41) is 0. The molecule has 0 fully saturated rings. The van der Waals surface area contributed by atoms with Gasteiger partial charge in [0, 0.05) is 5.88 Å². The maximum Gasteiger partial charge on any atom is 0.0517 e. The van der Waals surface area contributed by atoms with Crippen molar-refractivity contribution in [2.24, 2.45) is 5.84 Å². The molecule has 1 aromatic rings. The predicted octanol–water partition coefficient (Wildman–Crippen LogP) is 2.02. The van der Waals surface area contributed by atoms with Crippen LogP contribution < -0.4 is 11.3 Å². The Labute approximate surface area is 71.3 Å². The van der Waals surface area contributed by atoms with Gasteiger partial charge in [0.05, 0.1) is 5.69 Å². The van der Waals surface area contributed by atoms with Gasteiger partial charge in [0.15, 0.2) is 0 Å². The maximum atomic E-state index is 5.69. The molecule has 2 nitrogen and oxygen atoms in total. The molecule has 0 saturated heterocycles. The van der Waals surface area contributed by atoms with E-state index in [9.17, 15) is 0 Å². The summed E-state index contributed by atoms with van der Waals surface area (Å²) >= 11 is 5.69. The lowest BCUT2D eigenvalue weighted by molar-refractivity contribution is 1.25. The third-order valence-corrected chi connectivity index (χ3v) is 2.03. The average Bonchev–Trinajstić information content (AvgIpc) is 2.05. The summed E-state index contributed by atoms with van der Waals surface area (Å²) in [4.78, 5) is 0. The standard InChI is InChI=1S/C8H11ClN2/c1-6-7(5-9)3-2-4-8(6)11-10/h2-4,11H,5,10H2,1H3. The Bertz CT molecular complexity index is 226. The number of hydrazine groups is 1. The van der Waals surface area contributed by atoms with Crippen LogP contribution in [0, 0.1) is 6.92 Å². The number of halogens is 1. The lowest BCUT2D eigenvalue weighted by Gasteiger charge is -2.07. The molecule has 3 heteroatoms. The SMILES string of the molecule is Cc1c(CCl)cccc1NN. The molecule has 1 aromatic carbocycles. The molecule has 0 unspecified atom stereocenters. The van der Waals surface area contributed by atoms with Gasteiger partial charge in [-0.3, -0.25) is 5.84 Å². The van der Waals surface area contributed by atoms with E-state index < -0.39 is 0 Å². The van der Waals surface area contributed by atoms with Gasteiger partial charge in [0.25, 0.3) is 0 Å². The van der Waals surface area contributed by atoms with Crippen LogP contribution in [0.1, 0.15) is 11.1 Å². The Balaban J connectivity index is 3.10. The van der Waals surface area contributed by atoms with Gasteiger partial charge in [-0.25, -0.2) is 0 Å². The van der Waals surface area contributed by atoms with Crippen LogP contribution in [0.4, 0.5) is 5.69 Å². The summed E-state index contributed by atoms with van der Waals surface area (Å²) in [6.45, 7) is 1.99. The van der Waals surface area contributed by atoms with Crippen molar-refractivity contribution in [3.05, 3.63) is 29.3 Å². The molecule has 0 atom stereocenters. The van der Waals surface area contributed by atoms with Crippen LogP contribution in [0.3, 0.4) is 0 Å². The average molecular weight is 171 g/mol. The predicted molar refractivity (Wildman–Crippen MR) is 48.5 cm³/mol. The number of nitrogens with two attached hydrogens (primary N) is 1. The van der Waals surface area contributed by atoms with Gasteiger partial charge in [-0.1, -0.05) is 12.1 Å². The summed E-state index contributed by atoms with van der Waals surface area (Å²) in [7, 11) is 0. The second-order valence-electron chi connectivity index (χ2n) is 2.37. The van der Waals surface area contributed by atoms with E-state index in [0.717, 1.165) is 16.8 Å². The van der Waals surface area contributed by atoms with Crippen molar-refractivity contribution in [3.8, 4) is 0 Å². The van der Waals surface area contributed by atoms with Gasteiger partial charge in [-0.2, -0.15) is 0 Å². The summed E-state index contributed by atoms with van der Waals surface area (Å²) in [5.74, 6) is 5.81. The van der Waals surface area contributed by atoms with Gasteiger partial charge in [-0.15, -0.1) is 11.6 Å². The first kappa shape index (κ1) is 8.37. The fourth-order valence-electron chi connectivity index (χ4n) is 0.985. The van der Waals surface area contributed by atoms with Crippen LogP contribution in [0.2, 0.25) is 0 Å². The first-order valence-electron chi connectivity index (χ1n) is 3.40. The number of nitrogens with one attached hydrogen (secondary N) is 1. The van der Waals surface area contributed by atoms with Crippen molar-refractivity contribution < 1.29 is 0 Å². The molecule has 0 aliphatic carbocycles. The quantitative estimate of drug-likeness (QED) is 0.405. The van der Waals surface area contributed by atoms with E-state index in [1.807, 2.05) is 25.1 Å². The van der Waals surface area contributed by atoms with E-state index in [1.165, 1.54) is 0 Å². The van der Waals surface area contributed by atoms with Crippen molar-refractivity contribution in [2.45, 2.75) is 12.8 Å². The molecule has 1 rings (SSSR count). The highest BCUT2D eigenvalue weighted by atomic mass is 35.5. The zero-order chi connectivity index (χ0) is 8.27. The highest BCUT2D eigenvalue weighted by molar-refractivity contribution is 6.17. The minimum atomic E-state index is 0.529. The van der Waals surface area contributed by atoms with Crippen LogP contribution in [-0.2, 0) is 5.88 Å². The normalized spacial score (nSPS) is 9.73. The Morgan fingerprint density at radius 1 is 1.55 bits per heavy atom. The number of hydrogen-bond acceptors (Lipinski definition) is 2. The highest BCUT2D eigenvalue weighted by Crippen LogP contribution is 2.18. The van der Waals surface area contributed by atoms with Gasteiger partial charge in [0.2, 0.25) is 0 Å². The summed E-state index contributed by atoms with van der Waals surface area (Å²) in [6.07, 6.45) is 0. The Morgan fingerprint density at radius 2 is 2.27 bits per heavy atom. The molecule has 0 aliphatic rings. The van der Waals surface area contributed by atoms with E-state index in [-0.39, 0.29) is 0 Å². The van der Waals surface area contributed by atoms with Crippen molar-refractivity contribution in [1.82, 2.24) is 0 Å². The number of alkyl halides is 1. The molecule has 0 radical (unpaired) electrons. The summed E-state index contributed by atoms with van der Waals surface area (Å²) < 4.78 is 0. The van der Waals surface area contributed by atoms with Gasteiger partial charge in [-0.05, 0) is 24.1 Å². The molecule has 11 heavy (non-hydrogen) atoms. The number of rotatable bonds is 2. The fraction of sp³-hybridized carbons (Fsp3) is 0.250. The monoisotopic (exact) mass is 170 g/mol. The molecule has 0 aliphatic heterocycles. The van der Waals surface area contributed by atoms with Gasteiger partial charge < -0.3 is 5.43 Å². The largest absolute Gasteiger partial charge is 0.324 e. The molecule has 0 spiro atoms. The number of nitrogen functional groups attached to an aromatic ring is 1. The van der Waals surface area contributed by atoms with Crippen LogP contribution in [0.5, 0.6) is 0 Å². The Kier molecular flexibility index (Phi) is 2.74. The van der Waals surface area contributed by atoms with E-state index in [2.05, 4.69) is 5.43 Å². The van der Waals surface area contributed by atoms with E-state index in [1.54, 1.807) is 0 Å². The van der Waals surface area contributed by atoms with Gasteiger partial charge in [0.1, 0.15) is 0 Å². The number of anilines is 1. The molecule has 0 amide bonds. The lowest BCUT2D eigenvalue weighted by Crippen LogP contribution is -2.08. The first-order valence-corrected chi connectivity index (χ1v) is 3.94. The Morgan fingerprint density at radius 3 is 2.82 bits per heavy atom. The minimum Gasteiger partial charge on any atom is -0.324 e. The molecule has 3 N–H and O–H groups in total. The second-order valence-corrected chi connectivity index (χ2v) is 2.63. The van der Waals surface area contributed by atoms with Crippen molar-refractivity contribution >= 4 is 17.3 Å². The smallest absolute Gasteiger partial charge is 0.0517 e. The Hall–Kier alpha value is -0.730. The third kappa shape index (κ3) is 1.64. The fourth-order valence-corrected chi connectivity index (χ4v) is 1.27. The molecular formula is C8H11ClN2. The number of hydrogen-bond donors (Lipinski definition) is 2. The minimum absolute atomic E-state index is 0.529. The first-order chi connectivity index (χ1) is 5.29. The van der Waals surface area contributed by atoms with Crippen molar-refractivity contribution in [3.63, 3.8) is 0 Å². The molecular weight excluding hydrogens is 160 g/mol.